The highest BCUT2D eigenvalue weighted by Gasteiger charge is 2.39. The summed E-state index contributed by atoms with van der Waals surface area (Å²) >= 11 is 9.74. The van der Waals surface area contributed by atoms with Crippen molar-refractivity contribution in [1.82, 2.24) is 25.1 Å². The number of carbonyl (C=O) groups is 1. The molecule has 2 aliphatic rings. The van der Waals surface area contributed by atoms with Crippen molar-refractivity contribution in [1.29, 1.82) is 0 Å². The number of halogens is 4. The predicted octanol–water partition coefficient (Wildman–Crippen LogP) is 4.40. The van der Waals surface area contributed by atoms with Crippen LogP contribution in [-0.2, 0) is 4.74 Å². The molecule has 1 aromatic heterocycles. The number of carbonyl (C=O) groups excluding carboxylic acids is 1. The van der Waals surface area contributed by atoms with E-state index in [4.69, 9.17) is 21.1 Å². The Bertz CT molecular complexity index is 1100. The van der Waals surface area contributed by atoms with Crippen molar-refractivity contribution in [3.63, 3.8) is 0 Å². The number of piperazine rings is 1. The van der Waals surface area contributed by atoms with E-state index in [-0.39, 0.29) is 28.6 Å². The minimum absolute atomic E-state index is 0.0448. The van der Waals surface area contributed by atoms with Gasteiger partial charge in [-0.3, -0.25) is 9.80 Å². The standard InChI is InChI=1S/C23H29BrClF2N5O3/c1-23(2,3)35-22(33)32-16(8-28-9-17(32)25)19-14-5-6-15(24)18(27)20(14)30-21(29-19)34-11-13-7-12(26)10-31(13)4/h5-6,12-13,16-17,28H,7-11H2,1-4H3/t12-,13+,16?,17?/m1/s1. The molecule has 3 heterocycles. The zero-order valence-electron chi connectivity index (χ0n) is 20.0. The molecular formula is C23H29BrClF2N5O3. The van der Waals surface area contributed by atoms with Gasteiger partial charge in [0.25, 0.3) is 0 Å². The van der Waals surface area contributed by atoms with Crippen LogP contribution < -0.4 is 10.1 Å². The average Bonchev–Trinajstić information content (AvgIpc) is 3.09. The molecule has 0 saturated carbocycles. The number of benzene rings is 1. The number of aromatic nitrogens is 2. The summed E-state index contributed by atoms with van der Waals surface area (Å²) in [5, 5.41) is 3.62. The Balaban J connectivity index is 1.74. The molecule has 0 aliphatic carbocycles. The Morgan fingerprint density at radius 1 is 1.31 bits per heavy atom. The highest BCUT2D eigenvalue weighted by molar-refractivity contribution is 9.10. The van der Waals surface area contributed by atoms with Gasteiger partial charge in [0, 0.05) is 31.1 Å². The fraction of sp³-hybridized carbons (Fsp3) is 0.609. The number of nitrogens with one attached hydrogen (secondary N) is 1. The SMILES string of the molecule is CN1C[C@H](F)C[C@H]1COc1nc(C2CNCC(Cl)N2C(=O)OC(C)(C)C)c2ccc(Br)c(F)c2n1. The van der Waals surface area contributed by atoms with Crippen molar-refractivity contribution in [2.45, 2.75) is 56.5 Å². The Hall–Kier alpha value is -1.82. The number of ether oxygens (including phenoxy) is 2. The highest BCUT2D eigenvalue weighted by Crippen LogP contribution is 2.35. The highest BCUT2D eigenvalue weighted by atomic mass is 79.9. The largest absolute Gasteiger partial charge is 0.462 e. The lowest BCUT2D eigenvalue weighted by Crippen LogP contribution is -2.54. The molecule has 4 atom stereocenters. The van der Waals surface area contributed by atoms with Crippen LogP contribution in [0.2, 0.25) is 0 Å². The minimum atomic E-state index is -0.925. The summed E-state index contributed by atoms with van der Waals surface area (Å²) in [6.07, 6.45) is -1.19. The molecule has 192 valence electrons. The van der Waals surface area contributed by atoms with E-state index in [0.29, 0.717) is 37.1 Å². The molecule has 8 nitrogen and oxygen atoms in total. The van der Waals surface area contributed by atoms with Gasteiger partial charge in [-0.15, -0.1) is 0 Å². The molecule has 12 heteroatoms. The molecular weight excluding hydrogens is 548 g/mol. The first-order chi connectivity index (χ1) is 16.4. The number of likely N-dealkylation sites (N-methyl/N-ethyl adjacent to an activating group) is 1. The quantitative estimate of drug-likeness (QED) is 0.427. The zero-order chi connectivity index (χ0) is 25.5. The summed E-state index contributed by atoms with van der Waals surface area (Å²) in [7, 11) is 1.82. The second-order valence-electron chi connectivity index (χ2n) is 9.88. The number of likely N-dealkylation sites (tertiary alicyclic amines) is 1. The third-order valence-corrected chi connectivity index (χ3v) is 7.00. The average molecular weight is 577 g/mol. The Labute approximate surface area is 216 Å². The molecule has 35 heavy (non-hydrogen) atoms. The van der Waals surface area contributed by atoms with Crippen LogP contribution in [0.15, 0.2) is 16.6 Å². The van der Waals surface area contributed by atoms with Crippen LogP contribution in [0.25, 0.3) is 10.9 Å². The Kier molecular flexibility index (Phi) is 7.71. The van der Waals surface area contributed by atoms with Gasteiger partial charge in [0.15, 0.2) is 5.82 Å². The van der Waals surface area contributed by atoms with Gasteiger partial charge in [0.1, 0.15) is 29.4 Å². The molecule has 2 fully saturated rings. The zero-order valence-corrected chi connectivity index (χ0v) is 22.4. The van der Waals surface area contributed by atoms with Gasteiger partial charge in [-0.2, -0.15) is 9.97 Å². The molecule has 1 amide bonds. The van der Waals surface area contributed by atoms with Crippen LogP contribution in [0.4, 0.5) is 13.6 Å². The molecule has 2 saturated heterocycles. The van der Waals surface area contributed by atoms with Crippen LogP contribution in [0.1, 0.15) is 38.9 Å². The normalized spacial score (nSPS) is 25.8. The van der Waals surface area contributed by atoms with Crippen molar-refractivity contribution in [3.05, 3.63) is 28.1 Å². The van der Waals surface area contributed by atoms with Gasteiger partial charge in [-0.1, -0.05) is 11.6 Å². The smallest absolute Gasteiger partial charge is 0.412 e. The lowest BCUT2D eigenvalue weighted by atomic mass is 10.0. The second-order valence-corrected chi connectivity index (χ2v) is 11.2. The van der Waals surface area contributed by atoms with Crippen LogP contribution in [0.3, 0.4) is 0 Å². The molecule has 0 radical (unpaired) electrons. The van der Waals surface area contributed by atoms with E-state index in [0.717, 1.165) is 0 Å². The monoisotopic (exact) mass is 575 g/mol. The van der Waals surface area contributed by atoms with E-state index in [1.54, 1.807) is 32.9 Å². The third kappa shape index (κ3) is 5.79. The minimum Gasteiger partial charge on any atom is -0.462 e. The predicted molar refractivity (Wildman–Crippen MR) is 132 cm³/mol. The first-order valence-electron chi connectivity index (χ1n) is 11.4. The van der Waals surface area contributed by atoms with Crippen LogP contribution in [0.5, 0.6) is 6.01 Å². The van der Waals surface area contributed by atoms with E-state index in [1.165, 1.54) is 4.90 Å². The van der Waals surface area contributed by atoms with E-state index in [9.17, 15) is 9.18 Å². The van der Waals surface area contributed by atoms with Crippen molar-refractivity contribution in [2.24, 2.45) is 0 Å². The number of hydrogen-bond acceptors (Lipinski definition) is 7. The van der Waals surface area contributed by atoms with Crippen LogP contribution in [-0.4, -0.2) is 82.5 Å². The number of amides is 1. The maximum atomic E-state index is 15.1. The lowest BCUT2D eigenvalue weighted by molar-refractivity contribution is 0.00689. The molecule has 0 bridgehead atoms. The fourth-order valence-corrected chi connectivity index (χ4v) is 5.00. The molecule has 1 N–H and O–H groups in total. The first kappa shape index (κ1) is 26.2. The summed E-state index contributed by atoms with van der Waals surface area (Å²) in [6, 6.07) is 2.37. The van der Waals surface area contributed by atoms with Gasteiger partial charge in [-0.25, -0.2) is 13.6 Å². The number of rotatable bonds is 4. The Morgan fingerprint density at radius 3 is 2.71 bits per heavy atom. The summed E-state index contributed by atoms with van der Waals surface area (Å²) in [5.74, 6) is -0.576. The Morgan fingerprint density at radius 2 is 2.06 bits per heavy atom. The third-order valence-electron chi connectivity index (χ3n) is 6.02. The van der Waals surface area contributed by atoms with E-state index in [1.807, 2.05) is 11.9 Å². The molecule has 2 aliphatic heterocycles. The van der Waals surface area contributed by atoms with Crippen LogP contribution >= 0.6 is 27.5 Å². The van der Waals surface area contributed by atoms with Crippen LogP contribution in [0, 0.1) is 5.82 Å². The fourth-order valence-electron chi connectivity index (χ4n) is 4.35. The summed E-state index contributed by atoms with van der Waals surface area (Å²) < 4.78 is 40.6. The van der Waals surface area contributed by atoms with Gasteiger partial charge >= 0.3 is 12.1 Å². The van der Waals surface area contributed by atoms with Gasteiger partial charge in [-0.05, 0) is 62.3 Å². The van der Waals surface area contributed by atoms with Gasteiger partial charge in [0.05, 0.1) is 16.2 Å². The van der Waals surface area contributed by atoms with Crippen molar-refractivity contribution in [3.8, 4) is 6.01 Å². The van der Waals surface area contributed by atoms with E-state index >= 15 is 4.39 Å². The topological polar surface area (TPSA) is 79.8 Å². The summed E-state index contributed by atoms with van der Waals surface area (Å²) in [6.45, 7) is 6.46. The maximum Gasteiger partial charge on any atom is 0.412 e. The number of nitrogens with zero attached hydrogens (tertiary/aromatic N) is 4. The van der Waals surface area contributed by atoms with Crippen molar-refractivity contribution >= 4 is 44.5 Å². The number of fused-ring (bicyclic) bond motifs is 1. The van der Waals surface area contributed by atoms with Gasteiger partial charge < -0.3 is 14.8 Å². The molecule has 2 unspecified atom stereocenters. The molecule has 4 rings (SSSR count). The van der Waals surface area contributed by atoms with E-state index in [2.05, 4.69) is 31.2 Å². The summed E-state index contributed by atoms with van der Waals surface area (Å²) in [4.78, 5) is 25.3. The molecule has 2 aromatic rings. The van der Waals surface area contributed by atoms with E-state index < -0.39 is 35.2 Å². The lowest BCUT2D eigenvalue weighted by Gasteiger charge is -2.40. The summed E-state index contributed by atoms with van der Waals surface area (Å²) in [5.41, 5.74) is -1.03. The first-order valence-corrected chi connectivity index (χ1v) is 12.7. The number of hydrogen-bond donors (Lipinski definition) is 1. The van der Waals surface area contributed by atoms with Gasteiger partial charge in [0.2, 0.25) is 0 Å². The molecule has 1 aromatic carbocycles. The number of alkyl halides is 2. The second kappa shape index (κ2) is 10.3. The van der Waals surface area contributed by atoms with Crippen molar-refractivity contribution in [2.75, 3.05) is 33.3 Å². The van der Waals surface area contributed by atoms with Crippen molar-refractivity contribution < 1.29 is 23.0 Å². The maximum absolute atomic E-state index is 15.1. The molecule has 0 spiro atoms.